The Bertz CT molecular complexity index is 288. The maximum absolute atomic E-state index is 4.03. The Hall–Kier alpha value is -0.260. The second-order valence-corrected chi connectivity index (χ2v) is 8.23. The smallest absolute Gasteiger partial charge is 0.0174 e. The summed E-state index contributed by atoms with van der Waals surface area (Å²) >= 11 is 0. The zero-order chi connectivity index (χ0) is 15.2. The summed E-state index contributed by atoms with van der Waals surface area (Å²) in [5, 5.41) is 0. The van der Waals surface area contributed by atoms with E-state index < -0.39 is 0 Å². The Labute approximate surface area is 128 Å². The predicted molar refractivity (Wildman–Crippen MR) is 92.0 cm³/mol. The number of hydrogen-bond donors (Lipinski definition) is 0. The molecule has 118 valence electrons. The number of allylic oxidation sites excluding steroid dienone is 1. The van der Waals surface area contributed by atoms with E-state index in [2.05, 4.69) is 47.3 Å². The van der Waals surface area contributed by atoms with Gasteiger partial charge in [-0.3, -0.25) is 0 Å². The molecule has 0 amide bonds. The van der Waals surface area contributed by atoms with Crippen molar-refractivity contribution in [2.75, 3.05) is 0 Å². The normalized spacial score (nSPS) is 27.4. The van der Waals surface area contributed by atoms with Crippen molar-refractivity contribution in [2.24, 2.45) is 22.7 Å². The second-order valence-electron chi connectivity index (χ2n) is 8.23. The molecule has 0 aromatic carbocycles. The molecule has 0 heteroatoms. The van der Waals surface area contributed by atoms with Crippen LogP contribution in [-0.4, -0.2) is 0 Å². The summed E-state index contributed by atoms with van der Waals surface area (Å²) in [5.41, 5.74) is 1.19. The van der Waals surface area contributed by atoms with Gasteiger partial charge in [-0.2, -0.15) is 0 Å². The summed E-state index contributed by atoms with van der Waals surface area (Å²) in [6.07, 6.45) is 14.8. The van der Waals surface area contributed by atoms with Crippen molar-refractivity contribution in [3.05, 3.63) is 12.7 Å². The Morgan fingerprint density at radius 1 is 1.25 bits per heavy atom. The van der Waals surface area contributed by atoms with E-state index in [1.807, 2.05) is 0 Å². The van der Waals surface area contributed by atoms with E-state index in [1.165, 1.54) is 57.8 Å². The lowest BCUT2D eigenvalue weighted by molar-refractivity contribution is 0.249. The molecule has 0 aromatic rings. The van der Waals surface area contributed by atoms with Crippen molar-refractivity contribution in [2.45, 2.75) is 92.4 Å². The maximum Gasteiger partial charge on any atom is -0.0174 e. The topological polar surface area (TPSA) is 0 Å². The number of hydrogen-bond acceptors (Lipinski definition) is 0. The highest BCUT2D eigenvalue weighted by atomic mass is 14.5. The van der Waals surface area contributed by atoms with Crippen molar-refractivity contribution in [1.29, 1.82) is 0 Å². The third-order valence-corrected chi connectivity index (χ3v) is 5.80. The quantitative estimate of drug-likeness (QED) is 0.357. The molecule has 0 saturated heterocycles. The van der Waals surface area contributed by atoms with E-state index in [4.69, 9.17) is 0 Å². The third kappa shape index (κ3) is 5.26. The standard InChI is InChI=1S/C20H38/c1-7-10-13-20(16-18(20)8-2)14-11-12-17(4)15-19(5,6)9-3/h8,17-18H,2,7,9-16H2,1,3-6H3. The highest BCUT2D eigenvalue weighted by molar-refractivity contribution is 5.09. The van der Waals surface area contributed by atoms with E-state index in [1.54, 1.807) is 0 Å². The highest BCUT2D eigenvalue weighted by Gasteiger charge is 2.50. The van der Waals surface area contributed by atoms with Crippen LogP contribution in [0.4, 0.5) is 0 Å². The van der Waals surface area contributed by atoms with Crippen LogP contribution in [0.5, 0.6) is 0 Å². The van der Waals surface area contributed by atoms with Gasteiger partial charge in [0.05, 0.1) is 0 Å². The monoisotopic (exact) mass is 278 g/mol. The molecular formula is C20H38. The average Bonchev–Trinajstić information content (AvgIpc) is 3.10. The largest absolute Gasteiger partial charge is 0.103 e. The molecule has 0 spiro atoms. The van der Waals surface area contributed by atoms with Crippen LogP contribution in [0.2, 0.25) is 0 Å². The van der Waals surface area contributed by atoms with E-state index in [0.717, 1.165) is 11.8 Å². The summed E-state index contributed by atoms with van der Waals surface area (Å²) in [4.78, 5) is 0. The highest BCUT2D eigenvalue weighted by Crippen LogP contribution is 2.60. The van der Waals surface area contributed by atoms with Gasteiger partial charge in [-0.1, -0.05) is 72.8 Å². The van der Waals surface area contributed by atoms with Crippen LogP contribution in [0.3, 0.4) is 0 Å². The van der Waals surface area contributed by atoms with Gasteiger partial charge in [-0.05, 0) is 48.3 Å². The van der Waals surface area contributed by atoms with Crippen molar-refractivity contribution in [3.63, 3.8) is 0 Å². The number of unbranched alkanes of at least 4 members (excludes halogenated alkanes) is 1. The third-order valence-electron chi connectivity index (χ3n) is 5.80. The molecule has 1 fully saturated rings. The fourth-order valence-corrected chi connectivity index (χ4v) is 3.93. The van der Waals surface area contributed by atoms with Gasteiger partial charge >= 0.3 is 0 Å². The lowest BCUT2D eigenvalue weighted by Crippen LogP contribution is -2.14. The molecule has 0 heterocycles. The first-order chi connectivity index (χ1) is 9.39. The molecule has 1 aliphatic carbocycles. The molecule has 1 aliphatic rings. The molecular weight excluding hydrogens is 240 g/mol. The molecule has 0 nitrogen and oxygen atoms in total. The summed E-state index contributed by atoms with van der Waals surface area (Å²) in [7, 11) is 0. The van der Waals surface area contributed by atoms with Crippen molar-refractivity contribution < 1.29 is 0 Å². The van der Waals surface area contributed by atoms with Gasteiger partial charge in [0, 0.05) is 0 Å². The minimum Gasteiger partial charge on any atom is -0.103 e. The van der Waals surface area contributed by atoms with Gasteiger partial charge in [-0.15, -0.1) is 6.58 Å². The van der Waals surface area contributed by atoms with Crippen LogP contribution < -0.4 is 0 Å². The number of rotatable bonds is 11. The summed E-state index contributed by atoms with van der Waals surface area (Å²) < 4.78 is 0. The van der Waals surface area contributed by atoms with Gasteiger partial charge in [0.2, 0.25) is 0 Å². The molecule has 0 radical (unpaired) electrons. The summed E-state index contributed by atoms with van der Waals surface area (Å²) in [6, 6.07) is 0. The minimum atomic E-state index is 0.530. The van der Waals surface area contributed by atoms with E-state index in [-0.39, 0.29) is 0 Å². The van der Waals surface area contributed by atoms with Gasteiger partial charge in [0.25, 0.3) is 0 Å². The average molecular weight is 279 g/mol. The molecule has 3 unspecified atom stereocenters. The van der Waals surface area contributed by atoms with Gasteiger partial charge in [0.1, 0.15) is 0 Å². The lowest BCUT2D eigenvalue weighted by Gasteiger charge is -2.27. The maximum atomic E-state index is 4.03. The summed E-state index contributed by atoms with van der Waals surface area (Å²) in [6.45, 7) is 16.0. The van der Waals surface area contributed by atoms with Crippen LogP contribution in [0.25, 0.3) is 0 Å². The molecule has 0 bridgehead atoms. The first-order valence-electron chi connectivity index (χ1n) is 9.01. The first-order valence-corrected chi connectivity index (χ1v) is 9.01. The van der Waals surface area contributed by atoms with Crippen molar-refractivity contribution in [1.82, 2.24) is 0 Å². The fraction of sp³-hybridized carbons (Fsp3) is 0.900. The van der Waals surface area contributed by atoms with Crippen LogP contribution in [0, 0.1) is 22.7 Å². The van der Waals surface area contributed by atoms with E-state index in [0.29, 0.717) is 10.8 Å². The second kappa shape index (κ2) is 7.66. The fourth-order valence-electron chi connectivity index (χ4n) is 3.93. The zero-order valence-electron chi connectivity index (χ0n) is 14.8. The lowest BCUT2D eigenvalue weighted by atomic mass is 9.79. The Kier molecular flexibility index (Phi) is 6.82. The van der Waals surface area contributed by atoms with Crippen LogP contribution in [-0.2, 0) is 0 Å². The van der Waals surface area contributed by atoms with Crippen LogP contribution in [0.1, 0.15) is 92.4 Å². The van der Waals surface area contributed by atoms with E-state index in [9.17, 15) is 0 Å². The van der Waals surface area contributed by atoms with Crippen LogP contribution in [0.15, 0.2) is 12.7 Å². The zero-order valence-corrected chi connectivity index (χ0v) is 14.8. The van der Waals surface area contributed by atoms with E-state index >= 15 is 0 Å². The molecule has 3 atom stereocenters. The Morgan fingerprint density at radius 3 is 2.40 bits per heavy atom. The van der Waals surface area contributed by atoms with Gasteiger partial charge in [0.15, 0.2) is 0 Å². The Balaban J connectivity index is 2.29. The first kappa shape index (κ1) is 17.8. The Morgan fingerprint density at radius 2 is 1.90 bits per heavy atom. The molecule has 0 aliphatic heterocycles. The van der Waals surface area contributed by atoms with Gasteiger partial charge < -0.3 is 0 Å². The molecule has 1 rings (SSSR count). The predicted octanol–water partition coefficient (Wildman–Crippen LogP) is 7.00. The SMILES string of the molecule is C=CC1CC1(CCCC)CCCC(C)CC(C)(C)CC. The molecule has 20 heavy (non-hydrogen) atoms. The molecule has 0 N–H and O–H groups in total. The van der Waals surface area contributed by atoms with Crippen molar-refractivity contribution >= 4 is 0 Å². The van der Waals surface area contributed by atoms with Gasteiger partial charge in [-0.25, -0.2) is 0 Å². The van der Waals surface area contributed by atoms with Crippen LogP contribution >= 0.6 is 0 Å². The van der Waals surface area contributed by atoms with Crippen molar-refractivity contribution in [3.8, 4) is 0 Å². The summed E-state index contributed by atoms with van der Waals surface area (Å²) in [5.74, 6) is 1.71. The molecule has 1 saturated carbocycles. The minimum absolute atomic E-state index is 0.530. The molecule has 0 aromatic heterocycles.